The number of ether oxygens (including phenoxy) is 3. The number of hydrogen-bond acceptors (Lipinski definition) is 9. The predicted molar refractivity (Wildman–Crippen MR) is 181 cm³/mol. The van der Waals surface area contributed by atoms with Gasteiger partial charge in [-0.1, -0.05) is 122 Å². The van der Waals surface area contributed by atoms with Crippen LogP contribution in [0.4, 0.5) is 0 Å². The molecule has 0 saturated heterocycles. The zero-order valence-corrected chi connectivity index (χ0v) is 30.0. The molecule has 0 spiro atoms. The molecule has 0 amide bonds. The minimum absolute atomic E-state index is 0.0243. The van der Waals surface area contributed by atoms with Gasteiger partial charge in [-0.15, -0.1) is 0 Å². The number of phosphoric acid groups is 1. The van der Waals surface area contributed by atoms with Crippen molar-refractivity contribution in [2.45, 2.75) is 185 Å². The van der Waals surface area contributed by atoms with Gasteiger partial charge in [0.2, 0.25) is 0 Å². The third-order valence-electron chi connectivity index (χ3n) is 9.65. The molecule has 1 unspecified atom stereocenters. The summed E-state index contributed by atoms with van der Waals surface area (Å²) >= 11 is 0. The van der Waals surface area contributed by atoms with E-state index >= 15 is 0 Å². The molecule has 0 aliphatic heterocycles. The topological polar surface area (TPSA) is 144 Å². The van der Waals surface area contributed by atoms with Gasteiger partial charge < -0.3 is 34.4 Å². The van der Waals surface area contributed by atoms with Crippen LogP contribution in [-0.2, 0) is 27.8 Å². The summed E-state index contributed by atoms with van der Waals surface area (Å²) in [6.45, 7) is 3.21. The lowest BCUT2D eigenvalue weighted by Gasteiger charge is -2.41. The number of rotatable bonds is 28. The highest BCUT2D eigenvalue weighted by molar-refractivity contribution is 7.47. The van der Waals surface area contributed by atoms with Crippen molar-refractivity contribution < 1.29 is 48.0 Å². The molecule has 0 aromatic heterocycles. The molecule has 0 aromatic rings. The Balaban J connectivity index is 1.54. The number of aliphatic hydroxyl groups excluding tert-OH is 3. The Hall–Kier alpha value is -0.130. The number of unbranched alkanes of at least 4 members (excludes halogenated alkanes) is 15. The summed E-state index contributed by atoms with van der Waals surface area (Å²) in [7, 11) is -3.17. The quantitative estimate of drug-likeness (QED) is 0.0493. The SMILES string of the molecule is CCCCCCCCCCCCCCCCCCOC[C@H](COP(=O)(O)O[C@H]1[C@H](O)[C@@H](O)[C@H](O)C[C@H]1OCC1CCCCC1)OC. The highest BCUT2D eigenvalue weighted by Gasteiger charge is 2.47. The van der Waals surface area contributed by atoms with Gasteiger partial charge in [-0.25, -0.2) is 4.57 Å². The first-order chi connectivity index (χ1) is 22.3. The first kappa shape index (κ1) is 42.0. The maximum absolute atomic E-state index is 12.8. The highest BCUT2D eigenvalue weighted by Crippen LogP contribution is 2.47. The lowest BCUT2D eigenvalue weighted by atomic mass is 9.86. The highest BCUT2D eigenvalue weighted by atomic mass is 31.2. The molecule has 4 N–H and O–H groups in total. The number of methoxy groups -OCH3 is 1. The van der Waals surface area contributed by atoms with E-state index in [2.05, 4.69) is 6.92 Å². The summed E-state index contributed by atoms with van der Waals surface area (Å²) < 4.78 is 40.4. The Labute approximate surface area is 279 Å². The number of hydrogen-bond donors (Lipinski definition) is 4. The van der Waals surface area contributed by atoms with Gasteiger partial charge in [0.15, 0.2) is 0 Å². The number of aliphatic hydroxyl groups is 3. The third kappa shape index (κ3) is 18.6. The molecule has 46 heavy (non-hydrogen) atoms. The summed E-state index contributed by atoms with van der Waals surface area (Å²) in [4.78, 5) is 10.4. The summed E-state index contributed by atoms with van der Waals surface area (Å²) in [5.74, 6) is 0.356. The van der Waals surface area contributed by atoms with Crippen molar-refractivity contribution in [3.8, 4) is 0 Å². The molecule has 0 bridgehead atoms. The second-order valence-electron chi connectivity index (χ2n) is 13.7. The average molecular weight is 681 g/mol. The third-order valence-corrected chi connectivity index (χ3v) is 10.6. The van der Waals surface area contributed by atoms with E-state index in [9.17, 15) is 24.8 Å². The van der Waals surface area contributed by atoms with Crippen molar-refractivity contribution in [1.82, 2.24) is 0 Å². The van der Waals surface area contributed by atoms with Crippen LogP contribution >= 0.6 is 7.82 Å². The molecule has 274 valence electrons. The molecular weight excluding hydrogens is 611 g/mol. The van der Waals surface area contributed by atoms with Gasteiger partial charge in [-0.3, -0.25) is 9.05 Å². The maximum atomic E-state index is 12.8. The molecule has 0 heterocycles. The molecule has 2 aliphatic rings. The van der Waals surface area contributed by atoms with Gasteiger partial charge in [0, 0.05) is 26.7 Å². The molecule has 7 atom stereocenters. The Morgan fingerprint density at radius 1 is 0.739 bits per heavy atom. The van der Waals surface area contributed by atoms with Crippen molar-refractivity contribution >= 4 is 7.82 Å². The molecule has 2 aliphatic carbocycles. The van der Waals surface area contributed by atoms with Crippen LogP contribution in [0.15, 0.2) is 0 Å². The Bertz CT molecular complexity index is 768. The van der Waals surface area contributed by atoms with Gasteiger partial charge in [-0.2, -0.15) is 0 Å². The fourth-order valence-corrected chi connectivity index (χ4v) is 7.56. The van der Waals surface area contributed by atoms with Gasteiger partial charge in [0.05, 0.1) is 25.4 Å². The van der Waals surface area contributed by atoms with Crippen LogP contribution in [0.2, 0.25) is 0 Å². The molecular formula is C35H69O10P. The minimum Gasteiger partial charge on any atom is -0.390 e. The first-order valence-electron chi connectivity index (χ1n) is 18.7. The minimum atomic E-state index is -4.65. The van der Waals surface area contributed by atoms with Crippen LogP contribution in [0, 0.1) is 5.92 Å². The summed E-state index contributed by atoms with van der Waals surface area (Å²) in [5.41, 5.74) is 0. The van der Waals surface area contributed by atoms with Crippen molar-refractivity contribution in [3.63, 3.8) is 0 Å². The monoisotopic (exact) mass is 680 g/mol. The van der Waals surface area contributed by atoms with Crippen LogP contribution in [0.3, 0.4) is 0 Å². The predicted octanol–water partition coefficient (Wildman–Crippen LogP) is 7.23. The standard InChI is InChI=1S/C35H69O10P/c1-3-4-5-6-7-8-9-10-11-12-13-14-15-16-17-21-24-42-27-30(41-2)28-44-46(39,40)45-35-32(25-31(36)33(37)34(35)38)43-26-29-22-19-18-20-23-29/h29-38H,3-28H2,1-2H3,(H,39,40)/t30-,31-,32-,33+,34-,35-/m1/s1. The summed E-state index contributed by atoms with van der Waals surface area (Å²) in [5, 5.41) is 31.0. The largest absolute Gasteiger partial charge is 0.472 e. The van der Waals surface area contributed by atoms with Gasteiger partial charge >= 0.3 is 7.82 Å². The zero-order chi connectivity index (χ0) is 33.5. The fourth-order valence-electron chi connectivity index (χ4n) is 6.57. The molecule has 2 fully saturated rings. The molecule has 2 rings (SSSR count). The van der Waals surface area contributed by atoms with E-state index in [1.165, 1.54) is 103 Å². The van der Waals surface area contributed by atoms with Gasteiger partial charge in [0.1, 0.15) is 24.4 Å². The average Bonchev–Trinajstić information content (AvgIpc) is 3.05. The number of phosphoric ester groups is 1. The molecule has 2 saturated carbocycles. The van der Waals surface area contributed by atoms with E-state index < -0.39 is 44.4 Å². The van der Waals surface area contributed by atoms with Crippen molar-refractivity contribution in [2.24, 2.45) is 5.92 Å². The van der Waals surface area contributed by atoms with Crippen LogP contribution in [0.25, 0.3) is 0 Å². The van der Waals surface area contributed by atoms with Crippen molar-refractivity contribution in [2.75, 3.05) is 33.5 Å². The van der Waals surface area contributed by atoms with E-state index in [-0.39, 0.29) is 19.6 Å². The second kappa shape index (κ2) is 25.8. The maximum Gasteiger partial charge on any atom is 0.472 e. The molecule has 0 aromatic carbocycles. The van der Waals surface area contributed by atoms with Gasteiger partial charge in [0.25, 0.3) is 0 Å². The second-order valence-corrected chi connectivity index (χ2v) is 15.1. The summed E-state index contributed by atoms with van der Waals surface area (Å²) in [6, 6.07) is 0. The Kier molecular flexibility index (Phi) is 23.6. The Morgan fingerprint density at radius 2 is 1.28 bits per heavy atom. The van der Waals surface area contributed by atoms with Crippen LogP contribution in [0.5, 0.6) is 0 Å². The van der Waals surface area contributed by atoms with E-state index in [4.69, 9.17) is 23.3 Å². The molecule has 0 radical (unpaired) electrons. The van der Waals surface area contributed by atoms with E-state index in [0.717, 1.165) is 38.5 Å². The Morgan fingerprint density at radius 3 is 1.83 bits per heavy atom. The fraction of sp³-hybridized carbons (Fsp3) is 1.00. The van der Waals surface area contributed by atoms with E-state index in [1.807, 2.05) is 0 Å². The smallest absolute Gasteiger partial charge is 0.390 e. The molecule has 10 nitrogen and oxygen atoms in total. The zero-order valence-electron chi connectivity index (χ0n) is 29.1. The van der Waals surface area contributed by atoms with E-state index in [1.54, 1.807) is 0 Å². The van der Waals surface area contributed by atoms with Crippen LogP contribution in [-0.4, -0.2) is 90.4 Å². The lowest BCUT2D eigenvalue weighted by Crippen LogP contribution is -2.57. The van der Waals surface area contributed by atoms with E-state index in [0.29, 0.717) is 19.1 Å². The molecule has 11 heteroatoms. The normalized spacial score (nSPS) is 26.3. The van der Waals surface area contributed by atoms with Gasteiger partial charge in [-0.05, 0) is 25.2 Å². The van der Waals surface area contributed by atoms with Crippen molar-refractivity contribution in [3.05, 3.63) is 0 Å². The lowest BCUT2D eigenvalue weighted by molar-refractivity contribution is -0.189. The van der Waals surface area contributed by atoms with Crippen LogP contribution in [0.1, 0.15) is 148 Å². The van der Waals surface area contributed by atoms with Crippen LogP contribution < -0.4 is 0 Å². The summed E-state index contributed by atoms with van der Waals surface area (Å²) in [6.07, 6.45) is 19.4. The van der Waals surface area contributed by atoms with Crippen molar-refractivity contribution in [1.29, 1.82) is 0 Å². The first-order valence-corrected chi connectivity index (χ1v) is 20.2.